The number of aliphatic hydroxyl groups is 3. The molecule has 0 aromatic rings. The Morgan fingerprint density at radius 1 is 1.13 bits per heavy atom. The lowest BCUT2D eigenvalue weighted by Gasteiger charge is -2.28. The number of hydrogen-bond acceptors (Lipinski definition) is 4. The van der Waals surface area contributed by atoms with Crippen LogP contribution in [0.2, 0.25) is 0 Å². The van der Waals surface area contributed by atoms with Crippen LogP contribution in [-0.4, -0.2) is 47.7 Å². The number of rotatable bonds is 8. The predicted octanol–water partition coefficient (Wildman–Crippen LogP) is -0.0261. The van der Waals surface area contributed by atoms with Gasteiger partial charge >= 0.3 is 0 Å². The second-order valence-electron chi connectivity index (χ2n) is 5.02. The summed E-state index contributed by atoms with van der Waals surface area (Å²) in [5.74, 6) is 0.518. The van der Waals surface area contributed by atoms with E-state index in [9.17, 15) is 0 Å². The molecule has 0 aromatic carbocycles. The zero-order valence-electron chi connectivity index (χ0n) is 10.0. The van der Waals surface area contributed by atoms with Crippen molar-refractivity contribution in [2.45, 2.75) is 33.2 Å². The highest BCUT2D eigenvalue weighted by Gasteiger charge is 2.23. The van der Waals surface area contributed by atoms with Crippen LogP contribution >= 0.6 is 0 Å². The first-order chi connectivity index (χ1) is 6.97. The van der Waals surface area contributed by atoms with Gasteiger partial charge in [-0.05, 0) is 12.3 Å². The van der Waals surface area contributed by atoms with Gasteiger partial charge in [0.05, 0.1) is 19.8 Å². The Morgan fingerprint density at radius 2 is 1.67 bits per heavy atom. The summed E-state index contributed by atoms with van der Waals surface area (Å²) < 4.78 is 0. The predicted molar refractivity (Wildman–Crippen MR) is 60.6 cm³/mol. The second-order valence-corrected chi connectivity index (χ2v) is 5.02. The van der Waals surface area contributed by atoms with Crippen molar-refractivity contribution in [2.75, 3.05) is 26.4 Å². The molecule has 0 aromatic heterocycles. The fraction of sp³-hybridized carbons (Fsp3) is 1.00. The van der Waals surface area contributed by atoms with Crippen LogP contribution in [0, 0.1) is 11.3 Å². The molecule has 0 saturated heterocycles. The van der Waals surface area contributed by atoms with Gasteiger partial charge in [0, 0.05) is 18.0 Å². The van der Waals surface area contributed by atoms with E-state index in [0.717, 1.165) is 6.42 Å². The summed E-state index contributed by atoms with van der Waals surface area (Å²) in [5.41, 5.74) is -0.510. The maximum Gasteiger partial charge on any atom is 0.0584 e. The lowest BCUT2D eigenvalue weighted by atomic mass is 9.92. The average molecular weight is 219 g/mol. The minimum Gasteiger partial charge on any atom is -0.396 e. The van der Waals surface area contributed by atoms with Crippen LogP contribution in [0.15, 0.2) is 0 Å². The molecule has 0 fully saturated rings. The van der Waals surface area contributed by atoms with E-state index in [1.165, 1.54) is 0 Å². The summed E-state index contributed by atoms with van der Waals surface area (Å²) in [6.07, 6.45) is 0.892. The average Bonchev–Trinajstić information content (AvgIpc) is 2.23. The van der Waals surface area contributed by atoms with Crippen molar-refractivity contribution in [3.05, 3.63) is 0 Å². The number of nitrogens with one attached hydrogen (secondary N) is 1. The van der Waals surface area contributed by atoms with Crippen LogP contribution in [0.25, 0.3) is 0 Å². The lowest BCUT2D eigenvalue weighted by Crippen LogP contribution is -2.44. The maximum atomic E-state index is 9.13. The largest absolute Gasteiger partial charge is 0.396 e. The third-order valence-electron chi connectivity index (χ3n) is 2.56. The van der Waals surface area contributed by atoms with Gasteiger partial charge in [0.2, 0.25) is 0 Å². The zero-order valence-corrected chi connectivity index (χ0v) is 10.0. The highest BCUT2D eigenvalue weighted by Crippen LogP contribution is 2.13. The van der Waals surface area contributed by atoms with E-state index in [2.05, 4.69) is 19.2 Å². The third-order valence-corrected chi connectivity index (χ3v) is 2.56. The first-order valence-electron chi connectivity index (χ1n) is 5.53. The molecule has 0 aliphatic heterocycles. The van der Waals surface area contributed by atoms with E-state index in [0.29, 0.717) is 12.5 Å². The van der Waals surface area contributed by atoms with Gasteiger partial charge in [0.1, 0.15) is 0 Å². The summed E-state index contributed by atoms with van der Waals surface area (Å²) in [5, 5.41) is 30.5. The standard InChI is InChI=1S/C11H25NO3/c1-9(2)4-10(5-13)12-6-11(3,7-14)8-15/h9-10,12-15H,4-8H2,1-3H3. The molecule has 15 heavy (non-hydrogen) atoms. The molecule has 0 radical (unpaired) electrons. The molecular weight excluding hydrogens is 194 g/mol. The SMILES string of the molecule is CC(C)CC(CO)NCC(C)(CO)CO. The van der Waals surface area contributed by atoms with Crippen molar-refractivity contribution in [2.24, 2.45) is 11.3 Å². The molecule has 4 heteroatoms. The van der Waals surface area contributed by atoms with E-state index in [1.807, 2.05) is 6.92 Å². The monoisotopic (exact) mass is 219 g/mol. The molecule has 0 heterocycles. The molecule has 0 bridgehead atoms. The van der Waals surface area contributed by atoms with Gasteiger partial charge < -0.3 is 20.6 Å². The van der Waals surface area contributed by atoms with Gasteiger partial charge in [-0.25, -0.2) is 0 Å². The van der Waals surface area contributed by atoms with E-state index in [1.54, 1.807) is 0 Å². The van der Waals surface area contributed by atoms with Crippen LogP contribution in [0.4, 0.5) is 0 Å². The Hall–Kier alpha value is -0.160. The first-order valence-corrected chi connectivity index (χ1v) is 5.53. The second kappa shape index (κ2) is 7.17. The van der Waals surface area contributed by atoms with E-state index in [-0.39, 0.29) is 25.9 Å². The van der Waals surface area contributed by atoms with Crippen LogP contribution in [0.5, 0.6) is 0 Å². The molecule has 0 rings (SSSR count). The van der Waals surface area contributed by atoms with Gasteiger partial charge in [-0.3, -0.25) is 0 Å². The van der Waals surface area contributed by atoms with Gasteiger partial charge in [-0.1, -0.05) is 20.8 Å². The van der Waals surface area contributed by atoms with Crippen LogP contribution in [0.3, 0.4) is 0 Å². The summed E-state index contributed by atoms with van der Waals surface area (Å²) in [7, 11) is 0. The minimum atomic E-state index is -0.510. The minimum absolute atomic E-state index is 0.0439. The summed E-state index contributed by atoms with van der Waals surface area (Å²) in [6.45, 7) is 6.49. The fourth-order valence-corrected chi connectivity index (χ4v) is 1.34. The number of aliphatic hydroxyl groups excluding tert-OH is 3. The highest BCUT2D eigenvalue weighted by atomic mass is 16.3. The van der Waals surface area contributed by atoms with E-state index < -0.39 is 5.41 Å². The molecule has 0 spiro atoms. The molecule has 0 amide bonds. The van der Waals surface area contributed by atoms with Gasteiger partial charge in [-0.15, -0.1) is 0 Å². The summed E-state index contributed by atoms with van der Waals surface area (Å²) in [4.78, 5) is 0. The Balaban J connectivity index is 3.98. The molecule has 0 aliphatic rings. The Labute approximate surface area is 92.3 Å². The Bertz CT molecular complexity index is 158. The van der Waals surface area contributed by atoms with Crippen molar-refractivity contribution >= 4 is 0 Å². The quantitative estimate of drug-likeness (QED) is 0.463. The van der Waals surface area contributed by atoms with E-state index >= 15 is 0 Å². The van der Waals surface area contributed by atoms with Crippen LogP contribution in [0.1, 0.15) is 27.2 Å². The van der Waals surface area contributed by atoms with Crippen LogP contribution < -0.4 is 5.32 Å². The highest BCUT2D eigenvalue weighted by molar-refractivity contribution is 4.78. The summed E-state index contributed by atoms with van der Waals surface area (Å²) >= 11 is 0. The smallest absolute Gasteiger partial charge is 0.0584 e. The van der Waals surface area contributed by atoms with Crippen molar-refractivity contribution in [1.82, 2.24) is 5.32 Å². The molecule has 1 atom stereocenters. The van der Waals surface area contributed by atoms with Crippen molar-refractivity contribution < 1.29 is 15.3 Å². The van der Waals surface area contributed by atoms with Crippen molar-refractivity contribution in [1.29, 1.82) is 0 Å². The molecule has 92 valence electrons. The topological polar surface area (TPSA) is 72.7 Å². The lowest BCUT2D eigenvalue weighted by molar-refractivity contribution is 0.0636. The first kappa shape index (κ1) is 14.8. The van der Waals surface area contributed by atoms with E-state index in [4.69, 9.17) is 15.3 Å². The Kier molecular flexibility index (Phi) is 7.09. The van der Waals surface area contributed by atoms with Gasteiger partial charge in [0.15, 0.2) is 0 Å². The van der Waals surface area contributed by atoms with Gasteiger partial charge in [0.25, 0.3) is 0 Å². The summed E-state index contributed by atoms with van der Waals surface area (Å²) in [6, 6.07) is 0.0439. The fourth-order valence-electron chi connectivity index (χ4n) is 1.34. The Morgan fingerprint density at radius 3 is 2.00 bits per heavy atom. The van der Waals surface area contributed by atoms with Crippen LogP contribution in [-0.2, 0) is 0 Å². The van der Waals surface area contributed by atoms with Gasteiger partial charge in [-0.2, -0.15) is 0 Å². The molecule has 4 N–H and O–H groups in total. The third kappa shape index (κ3) is 6.10. The van der Waals surface area contributed by atoms with Crippen molar-refractivity contribution in [3.8, 4) is 0 Å². The number of hydrogen-bond donors (Lipinski definition) is 4. The molecule has 4 nitrogen and oxygen atoms in total. The normalized spacial score (nSPS) is 14.6. The molecule has 1 unspecified atom stereocenters. The molecule has 0 aliphatic carbocycles. The maximum absolute atomic E-state index is 9.13. The van der Waals surface area contributed by atoms with Crippen molar-refractivity contribution in [3.63, 3.8) is 0 Å². The molecular formula is C11H25NO3. The molecule has 0 saturated carbocycles. The zero-order chi connectivity index (χ0) is 11.9.